The highest BCUT2D eigenvalue weighted by atomic mass is 16.5. The van der Waals surface area contributed by atoms with Crippen LogP contribution in [-0.4, -0.2) is 10.6 Å². The SMILES string of the molecule is C/C=C1/N(c2cccc(Oc3ccc4c5ccccc5n(/C(C)=C/C=C\C=C(C)C)c4c3)c2)c2ccccc2N1C1C(C)=CC(C)=CC1C. The number of benzene rings is 4. The highest BCUT2D eigenvalue weighted by Gasteiger charge is 2.39. The van der Waals surface area contributed by atoms with E-state index in [9.17, 15) is 0 Å². The van der Waals surface area contributed by atoms with Gasteiger partial charge in [-0.15, -0.1) is 0 Å². The summed E-state index contributed by atoms with van der Waals surface area (Å²) in [6.45, 7) is 15.3. The van der Waals surface area contributed by atoms with Gasteiger partial charge in [0.05, 0.1) is 34.1 Å². The van der Waals surface area contributed by atoms with Crippen molar-refractivity contribution in [2.45, 2.75) is 54.5 Å². The van der Waals surface area contributed by atoms with E-state index >= 15 is 0 Å². The second kappa shape index (κ2) is 13.2. The smallest absolute Gasteiger partial charge is 0.129 e. The van der Waals surface area contributed by atoms with E-state index in [2.05, 4.69) is 190 Å². The molecular weight excluding hydrogens is 599 g/mol. The molecule has 1 aliphatic heterocycles. The quantitative estimate of drug-likeness (QED) is 0.165. The molecule has 0 saturated carbocycles. The second-order valence-electron chi connectivity index (χ2n) is 13.5. The van der Waals surface area contributed by atoms with Crippen LogP contribution in [0.5, 0.6) is 11.5 Å². The highest BCUT2D eigenvalue weighted by Crippen LogP contribution is 2.50. The molecule has 246 valence electrons. The summed E-state index contributed by atoms with van der Waals surface area (Å²) >= 11 is 0. The molecular formula is C45H45N3O. The van der Waals surface area contributed by atoms with Crippen LogP contribution in [0.25, 0.3) is 27.5 Å². The van der Waals surface area contributed by atoms with Gasteiger partial charge in [-0.05, 0) is 108 Å². The summed E-state index contributed by atoms with van der Waals surface area (Å²) in [7, 11) is 0. The average Bonchev–Trinajstić information content (AvgIpc) is 3.59. The minimum Gasteiger partial charge on any atom is -0.457 e. The Morgan fingerprint density at radius 2 is 1.45 bits per heavy atom. The van der Waals surface area contributed by atoms with Gasteiger partial charge in [0.1, 0.15) is 17.3 Å². The minimum atomic E-state index is 0.235. The van der Waals surface area contributed by atoms with Crippen molar-refractivity contribution >= 4 is 44.6 Å². The van der Waals surface area contributed by atoms with E-state index in [1.54, 1.807) is 0 Å². The van der Waals surface area contributed by atoms with Crippen LogP contribution in [0, 0.1) is 5.92 Å². The van der Waals surface area contributed by atoms with E-state index < -0.39 is 0 Å². The molecule has 0 N–H and O–H groups in total. The number of hydrogen-bond acceptors (Lipinski definition) is 3. The Bertz CT molecular complexity index is 2250. The summed E-state index contributed by atoms with van der Waals surface area (Å²) in [5, 5.41) is 2.43. The molecule has 4 aromatic carbocycles. The Morgan fingerprint density at radius 1 is 0.735 bits per heavy atom. The number of anilines is 3. The zero-order valence-electron chi connectivity index (χ0n) is 29.6. The molecule has 1 aliphatic carbocycles. The van der Waals surface area contributed by atoms with Crippen LogP contribution in [0.15, 0.2) is 156 Å². The Kier molecular flexibility index (Phi) is 8.64. The highest BCUT2D eigenvalue weighted by molar-refractivity contribution is 6.10. The van der Waals surface area contributed by atoms with Gasteiger partial charge in [0, 0.05) is 28.6 Å². The number of allylic oxidation sites excluding steroid dienone is 9. The summed E-state index contributed by atoms with van der Waals surface area (Å²) in [5.41, 5.74) is 10.9. The second-order valence-corrected chi connectivity index (χ2v) is 13.5. The molecule has 0 radical (unpaired) electrons. The molecule has 0 amide bonds. The van der Waals surface area contributed by atoms with Crippen molar-refractivity contribution in [1.82, 2.24) is 4.57 Å². The summed E-state index contributed by atoms with van der Waals surface area (Å²) in [6.07, 6.45) is 15.4. The van der Waals surface area contributed by atoms with E-state index in [0.717, 1.165) is 34.2 Å². The standard InChI is InChI=1S/C45H45N3O/c1-8-44-47(41-22-13-14-23-42(41)48(44)45-32(5)26-31(4)27-33(45)6)35-18-15-19-36(28-35)49-37-24-25-39-38-20-11-12-21-40(38)46(43(39)29-37)34(7)17-10-9-16-30(2)3/h8-29,32,45H,1-7H3/b10-9-,34-17+,44-8-. The lowest BCUT2D eigenvalue weighted by Gasteiger charge is -2.38. The number of rotatable bonds is 7. The first-order chi connectivity index (χ1) is 23.7. The van der Waals surface area contributed by atoms with Gasteiger partial charge in [0.2, 0.25) is 0 Å². The molecule has 2 atom stereocenters. The third-order valence-corrected chi connectivity index (χ3v) is 9.53. The zero-order valence-corrected chi connectivity index (χ0v) is 29.6. The van der Waals surface area contributed by atoms with Gasteiger partial charge in [0.25, 0.3) is 0 Å². The van der Waals surface area contributed by atoms with E-state index in [1.807, 2.05) is 6.07 Å². The zero-order chi connectivity index (χ0) is 34.2. The van der Waals surface area contributed by atoms with Gasteiger partial charge in [-0.2, -0.15) is 0 Å². The maximum Gasteiger partial charge on any atom is 0.129 e. The molecule has 5 aromatic rings. The lowest BCUT2D eigenvalue weighted by atomic mass is 9.86. The Morgan fingerprint density at radius 3 is 2.22 bits per heavy atom. The van der Waals surface area contributed by atoms with Crippen LogP contribution in [0.2, 0.25) is 0 Å². The fourth-order valence-corrected chi connectivity index (χ4v) is 7.63. The third kappa shape index (κ3) is 5.93. The summed E-state index contributed by atoms with van der Waals surface area (Å²) in [5.74, 6) is 3.13. The van der Waals surface area contributed by atoms with E-state index in [4.69, 9.17) is 4.74 Å². The number of fused-ring (bicyclic) bond motifs is 4. The van der Waals surface area contributed by atoms with Crippen molar-refractivity contribution in [3.8, 4) is 11.5 Å². The number of hydrogen-bond donors (Lipinski definition) is 0. The maximum atomic E-state index is 6.66. The summed E-state index contributed by atoms with van der Waals surface area (Å²) in [4.78, 5) is 4.88. The van der Waals surface area contributed by atoms with Crippen molar-refractivity contribution in [2.75, 3.05) is 9.80 Å². The van der Waals surface area contributed by atoms with Crippen LogP contribution < -0.4 is 14.5 Å². The third-order valence-electron chi connectivity index (χ3n) is 9.53. The molecule has 0 bridgehead atoms. The van der Waals surface area contributed by atoms with E-state index in [1.165, 1.54) is 44.4 Å². The molecule has 49 heavy (non-hydrogen) atoms. The normalized spacial score (nSPS) is 18.8. The molecule has 7 rings (SSSR count). The van der Waals surface area contributed by atoms with Crippen molar-refractivity contribution in [3.63, 3.8) is 0 Å². The fraction of sp³-hybridized carbons (Fsp3) is 0.200. The Labute approximate surface area is 290 Å². The van der Waals surface area contributed by atoms with Crippen LogP contribution in [-0.2, 0) is 0 Å². The Hall–Kier alpha value is -5.48. The molecule has 0 spiro atoms. The predicted octanol–water partition coefficient (Wildman–Crippen LogP) is 12.7. The van der Waals surface area contributed by atoms with Gasteiger partial charge < -0.3 is 14.2 Å². The summed E-state index contributed by atoms with van der Waals surface area (Å²) < 4.78 is 8.98. The molecule has 2 aliphatic rings. The summed E-state index contributed by atoms with van der Waals surface area (Å²) in [6, 6.07) is 32.5. The van der Waals surface area contributed by atoms with Crippen LogP contribution >= 0.6 is 0 Å². The minimum absolute atomic E-state index is 0.235. The first kappa shape index (κ1) is 32.1. The molecule has 2 heterocycles. The van der Waals surface area contributed by atoms with Crippen LogP contribution in [0.1, 0.15) is 48.5 Å². The van der Waals surface area contributed by atoms with Crippen molar-refractivity contribution in [1.29, 1.82) is 0 Å². The molecule has 0 fully saturated rings. The monoisotopic (exact) mass is 643 g/mol. The average molecular weight is 644 g/mol. The predicted molar refractivity (Wildman–Crippen MR) is 210 cm³/mol. The van der Waals surface area contributed by atoms with Gasteiger partial charge >= 0.3 is 0 Å². The topological polar surface area (TPSA) is 20.6 Å². The molecule has 4 heteroatoms. The largest absolute Gasteiger partial charge is 0.457 e. The Balaban J connectivity index is 1.25. The first-order valence-electron chi connectivity index (χ1n) is 17.3. The van der Waals surface area contributed by atoms with Gasteiger partial charge in [0.15, 0.2) is 0 Å². The van der Waals surface area contributed by atoms with Gasteiger partial charge in [-0.25, -0.2) is 0 Å². The number of nitrogens with zero attached hydrogens (tertiary/aromatic N) is 3. The number of para-hydroxylation sites is 3. The van der Waals surface area contributed by atoms with E-state index in [-0.39, 0.29) is 6.04 Å². The van der Waals surface area contributed by atoms with E-state index in [0.29, 0.717) is 5.92 Å². The molecule has 4 nitrogen and oxygen atoms in total. The van der Waals surface area contributed by atoms with Crippen molar-refractivity contribution < 1.29 is 4.74 Å². The number of aromatic nitrogens is 1. The van der Waals surface area contributed by atoms with Gasteiger partial charge in [-0.3, -0.25) is 4.90 Å². The molecule has 2 unspecified atom stereocenters. The fourth-order valence-electron chi connectivity index (χ4n) is 7.63. The molecule has 0 saturated heterocycles. The first-order valence-corrected chi connectivity index (χ1v) is 17.3. The van der Waals surface area contributed by atoms with Crippen molar-refractivity contribution in [2.24, 2.45) is 5.92 Å². The van der Waals surface area contributed by atoms with Crippen molar-refractivity contribution in [3.05, 3.63) is 156 Å². The van der Waals surface area contributed by atoms with Crippen LogP contribution in [0.4, 0.5) is 17.1 Å². The lowest BCUT2D eigenvalue weighted by Crippen LogP contribution is -2.41. The van der Waals surface area contributed by atoms with Gasteiger partial charge in [-0.1, -0.05) is 84.8 Å². The maximum absolute atomic E-state index is 6.66. The molecule has 1 aromatic heterocycles. The van der Waals surface area contributed by atoms with Crippen LogP contribution in [0.3, 0.4) is 0 Å². The number of ether oxygens (including phenoxy) is 1. The lowest BCUT2D eigenvalue weighted by molar-refractivity contribution is 0.483.